The van der Waals surface area contributed by atoms with Crippen molar-refractivity contribution >= 4 is 0 Å². The van der Waals surface area contributed by atoms with E-state index < -0.39 is 6.10 Å². The lowest BCUT2D eigenvalue weighted by Crippen LogP contribution is -2.33. The van der Waals surface area contributed by atoms with E-state index in [1.165, 1.54) is 5.56 Å². The van der Waals surface area contributed by atoms with Crippen molar-refractivity contribution in [2.24, 2.45) is 11.1 Å². The Kier molecular flexibility index (Phi) is 3.40. The van der Waals surface area contributed by atoms with Gasteiger partial charge in [0.1, 0.15) is 5.75 Å². The van der Waals surface area contributed by atoms with E-state index in [4.69, 9.17) is 10.5 Å². The van der Waals surface area contributed by atoms with Crippen LogP contribution in [0.15, 0.2) is 18.2 Å². The molecule has 0 saturated heterocycles. The van der Waals surface area contributed by atoms with Gasteiger partial charge in [0.15, 0.2) is 0 Å². The largest absolute Gasteiger partial charge is 0.493 e. The van der Waals surface area contributed by atoms with Crippen LogP contribution in [-0.2, 0) is 6.42 Å². The second-order valence-electron chi connectivity index (χ2n) is 5.08. The molecule has 1 aromatic carbocycles. The Morgan fingerprint density at radius 1 is 1.53 bits per heavy atom. The third-order valence-corrected chi connectivity index (χ3v) is 3.96. The summed E-state index contributed by atoms with van der Waals surface area (Å²) in [5, 5.41) is 10.4. The van der Waals surface area contributed by atoms with E-state index in [1.807, 2.05) is 19.1 Å². The van der Waals surface area contributed by atoms with Gasteiger partial charge in [-0.2, -0.15) is 0 Å². The number of aliphatic hydroxyl groups is 1. The van der Waals surface area contributed by atoms with Gasteiger partial charge in [0, 0.05) is 18.4 Å². The Morgan fingerprint density at radius 3 is 2.94 bits per heavy atom. The summed E-state index contributed by atoms with van der Waals surface area (Å²) in [4.78, 5) is 0. The summed E-state index contributed by atoms with van der Waals surface area (Å²) in [7, 11) is 0. The Bertz CT molecular complexity index is 399. The molecular weight excluding hydrogens is 214 g/mol. The molecule has 2 rings (SSSR count). The van der Waals surface area contributed by atoms with Crippen molar-refractivity contribution in [3.8, 4) is 5.75 Å². The van der Waals surface area contributed by atoms with Crippen molar-refractivity contribution < 1.29 is 9.84 Å². The third-order valence-electron chi connectivity index (χ3n) is 3.96. The van der Waals surface area contributed by atoms with E-state index in [1.54, 1.807) is 0 Å². The van der Waals surface area contributed by atoms with Gasteiger partial charge in [-0.1, -0.05) is 19.9 Å². The number of aliphatic hydroxyl groups excluding tert-OH is 1. The number of ether oxygens (including phenoxy) is 1. The summed E-state index contributed by atoms with van der Waals surface area (Å²) in [5.41, 5.74) is 7.67. The molecule has 1 aromatic rings. The maximum Gasteiger partial charge on any atom is 0.122 e. The van der Waals surface area contributed by atoms with Gasteiger partial charge in [0.2, 0.25) is 0 Å². The summed E-state index contributed by atoms with van der Waals surface area (Å²) >= 11 is 0. The Balaban J connectivity index is 2.28. The zero-order chi connectivity index (χ0) is 12.5. The minimum absolute atomic E-state index is 0.256. The van der Waals surface area contributed by atoms with Crippen molar-refractivity contribution in [3.05, 3.63) is 29.3 Å². The Labute approximate surface area is 103 Å². The van der Waals surface area contributed by atoms with Crippen LogP contribution in [0.2, 0.25) is 0 Å². The first-order valence-corrected chi connectivity index (χ1v) is 6.24. The minimum atomic E-state index is -0.511. The molecule has 17 heavy (non-hydrogen) atoms. The molecule has 3 nitrogen and oxygen atoms in total. The molecule has 0 fully saturated rings. The first-order chi connectivity index (χ1) is 8.10. The lowest BCUT2D eigenvalue weighted by molar-refractivity contribution is 0.0391. The number of hydrogen-bond donors (Lipinski definition) is 2. The van der Waals surface area contributed by atoms with Crippen LogP contribution >= 0.6 is 0 Å². The number of fused-ring (bicyclic) bond motifs is 1. The standard InChI is InChI=1S/C14H21NO2/c1-3-14(2,9-15)13(16)11-4-5-12-10(8-11)6-7-17-12/h4-5,8,13,16H,3,6-7,9,15H2,1-2H3. The van der Waals surface area contributed by atoms with E-state index in [0.717, 1.165) is 30.8 Å². The molecule has 2 unspecified atom stereocenters. The molecule has 1 aliphatic heterocycles. The van der Waals surface area contributed by atoms with Gasteiger partial charge in [0.25, 0.3) is 0 Å². The Hall–Kier alpha value is -1.06. The van der Waals surface area contributed by atoms with E-state index in [0.29, 0.717) is 6.54 Å². The average Bonchev–Trinajstić information content (AvgIpc) is 2.84. The zero-order valence-corrected chi connectivity index (χ0v) is 10.6. The van der Waals surface area contributed by atoms with Gasteiger partial charge >= 0.3 is 0 Å². The van der Waals surface area contributed by atoms with Crippen LogP contribution in [0.5, 0.6) is 5.75 Å². The van der Waals surface area contributed by atoms with Gasteiger partial charge in [-0.05, 0) is 29.7 Å². The molecular formula is C14H21NO2. The first-order valence-electron chi connectivity index (χ1n) is 6.24. The van der Waals surface area contributed by atoms with Crippen LogP contribution in [0, 0.1) is 5.41 Å². The number of hydrogen-bond acceptors (Lipinski definition) is 3. The number of rotatable bonds is 4. The highest BCUT2D eigenvalue weighted by Crippen LogP contribution is 2.38. The fourth-order valence-electron chi connectivity index (χ4n) is 2.23. The lowest BCUT2D eigenvalue weighted by Gasteiger charge is -2.32. The molecule has 3 heteroatoms. The molecule has 2 atom stereocenters. The van der Waals surface area contributed by atoms with E-state index in [-0.39, 0.29) is 5.41 Å². The Morgan fingerprint density at radius 2 is 2.29 bits per heavy atom. The second-order valence-corrected chi connectivity index (χ2v) is 5.08. The maximum atomic E-state index is 10.4. The predicted octanol–water partition coefficient (Wildman–Crippen LogP) is 2.03. The lowest BCUT2D eigenvalue weighted by atomic mass is 9.78. The van der Waals surface area contributed by atoms with Crippen LogP contribution in [0.25, 0.3) is 0 Å². The highest BCUT2D eigenvalue weighted by Gasteiger charge is 2.31. The monoisotopic (exact) mass is 235 g/mol. The van der Waals surface area contributed by atoms with E-state index in [2.05, 4.69) is 13.0 Å². The summed E-state index contributed by atoms with van der Waals surface area (Å²) in [6, 6.07) is 5.95. The zero-order valence-electron chi connectivity index (χ0n) is 10.6. The molecule has 0 aromatic heterocycles. The number of benzene rings is 1. The molecule has 0 bridgehead atoms. The van der Waals surface area contributed by atoms with Gasteiger partial charge < -0.3 is 15.6 Å². The summed E-state index contributed by atoms with van der Waals surface area (Å²) in [6.07, 6.45) is 1.28. The van der Waals surface area contributed by atoms with Gasteiger partial charge in [-0.3, -0.25) is 0 Å². The van der Waals surface area contributed by atoms with E-state index >= 15 is 0 Å². The van der Waals surface area contributed by atoms with Crippen molar-refractivity contribution in [1.29, 1.82) is 0 Å². The van der Waals surface area contributed by atoms with Crippen LogP contribution in [0.3, 0.4) is 0 Å². The molecule has 0 radical (unpaired) electrons. The van der Waals surface area contributed by atoms with Crippen molar-refractivity contribution in [1.82, 2.24) is 0 Å². The van der Waals surface area contributed by atoms with Crippen LogP contribution < -0.4 is 10.5 Å². The molecule has 0 saturated carbocycles. The first kappa shape index (κ1) is 12.4. The molecule has 0 spiro atoms. The number of nitrogens with two attached hydrogens (primary N) is 1. The van der Waals surface area contributed by atoms with Gasteiger partial charge in [-0.25, -0.2) is 0 Å². The molecule has 3 N–H and O–H groups in total. The quantitative estimate of drug-likeness (QED) is 0.839. The third kappa shape index (κ3) is 2.17. The fraction of sp³-hybridized carbons (Fsp3) is 0.571. The van der Waals surface area contributed by atoms with Crippen molar-refractivity contribution in [2.45, 2.75) is 32.8 Å². The summed E-state index contributed by atoms with van der Waals surface area (Å²) in [6.45, 7) is 5.32. The molecule has 0 aliphatic carbocycles. The van der Waals surface area contributed by atoms with Crippen LogP contribution in [0.1, 0.15) is 37.5 Å². The normalized spacial score (nSPS) is 19.3. The summed E-state index contributed by atoms with van der Waals surface area (Å²) in [5.74, 6) is 0.951. The fourth-order valence-corrected chi connectivity index (χ4v) is 2.23. The molecule has 1 heterocycles. The second kappa shape index (κ2) is 4.67. The molecule has 1 aliphatic rings. The summed E-state index contributed by atoms with van der Waals surface area (Å²) < 4.78 is 5.47. The van der Waals surface area contributed by atoms with Crippen molar-refractivity contribution in [3.63, 3.8) is 0 Å². The highest BCUT2D eigenvalue weighted by atomic mass is 16.5. The SMILES string of the molecule is CCC(C)(CN)C(O)c1ccc2c(c1)CCO2. The highest BCUT2D eigenvalue weighted by molar-refractivity contribution is 5.40. The van der Waals surface area contributed by atoms with Gasteiger partial charge in [0.05, 0.1) is 12.7 Å². The van der Waals surface area contributed by atoms with Crippen molar-refractivity contribution in [2.75, 3.05) is 13.2 Å². The minimum Gasteiger partial charge on any atom is -0.493 e. The molecule has 94 valence electrons. The predicted molar refractivity (Wildman–Crippen MR) is 68.1 cm³/mol. The van der Waals surface area contributed by atoms with E-state index in [9.17, 15) is 5.11 Å². The molecule has 0 amide bonds. The maximum absolute atomic E-state index is 10.4. The average molecular weight is 235 g/mol. The topological polar surface area (TPSA) is 55.5 Å². The van der Waals surface area contributed by atoms with Gasteiger partial charge in [-0.15, -0.1) is 0 Å². The smallest absolute Gasteiger partial charge is 0.122 e. The van der Waals surface area contributed by atoms with Crippen LogP contribution in [-0.4, -0.2) is 18.3 Å². The van der Waals surface area contributed by atoms with Crippen LogP contribution in [0.4, 0.5) is 0 Å².